The Morgan fingerprint density at radius 3 is 2.24 bits per heavy atom. The van der Waals surface area contributed by atoms with Crippen LogP contribution in [0.1, 0.15) is 41.3 Å². The molecule has 0 saturated carbocycles. The second-order valence-electron chi connectivity index (χ2n) is 5.58. The molecular weight excluding hydrogens is 322 g/mol. The summed E-state index contributed by atoms with van der Waals surface area (Å²) in [6.07, 6.45) is -1.24. The predicted octanol–water partition coefficient (Wildman–Crippen LogP) is 4.76. The number of nitrogens with one attached hydrogen (secondary N) is 1. The van der Waals surface area contributed by atoms with E-state index in [1.165, 1.54) is 24.3 Å². The van der Waals surface area contributed by atoms with E-state index in [0.29, 0.717) is 23.1 Å². The van der Waals surface area contributed by atoms with E-state index in [9.17, 15) is 13.6 Å². The number of halogens is 2. The standard InChI is InChI=1S/C20H18F2N2O/c1-2-17(24-20(25)16-6-4-3-5-7-16)12-18(19(21)22)15-10-8-14(13-23)9-11-15/h3-11,17H,2,12H2,1H3,(H,24,25). The van der Waals surface area contributed by atoms with Gasteiger partial charge in [0.25, 0.3) is 12.0 Å². The minimum atomic E-state index is -1.78. The lowest BCUT2D eigenvalue weighted by Crippen LogP contribution is -2.34. The van der Waals surface area contributed by atoms with Crippen LogP contribution in [0.3, 0.4) is 0 Å². The third kappa shape index (κ3) is 4.98. The van der Waals surface area contributed by atoms with Crippen molar-refractivity contribution in [3.63, 3.8) is 0 Å². The normalized spacial score (nSPS) is 11.3. The van der Waals surface area contributed by atoms with Gasteiger partial charge in [-0.05, 0) is 42.7 Å². The molecule has 2 aromatic carbocycles. The molecule has 1 N–H and O–H groups in total. The van der Waals surface area contributed by atoms with Crippen LogP contribution in [0.2, 0.25) is 0 Å². The molecule has 1 unspecified atom stereocenters. The molecule has 0 aromatic heterocycles. The van der Waals surface area contributed by atoms with Gasteiger partial charge in [0.1, 0.15) is 0 Å². The molecule has 1 amide bonds. The average Bonchev–Trinajstić information content (AvgIpc) is 2.65. The number of nitrogens with zero attached hydrogens (tertiary/aromatic N) is 1. The van der Waals surface area contributed by atoms with Crippen molar-refractivity contribution in [1.82, 2.24) is 5.32 Å². The van der Waals surface area contributed by atoms with Crippen LogP contribution in [0.5, 0.6) is 0 Å². The lowest BCUT2D eigenvalue weighted by atomic mass is 9.97. The second-order valence-corrected chi connectivity index (χ2v) is 5.58. The highest BCUT2D eigenvalue weighted by atomic mass is 19.3. The Morgan fingerprint density at radius 1 is 1.08 bits per heavy atom. The van der Waals surface area contributed by atoms with Gasteiger partial charge in [-0.25, -0.2) is 0 Å². The summed E-state index contributed by atoms with van der Waals surface area (Å²) in [5, 5.41) is 11.6. The molecule has 25 heavy (non-hydrogen) atoms. The first-order valence-electron chi connectivity index (χ1n) is 7.95. The van der Waals surface area contributed by atoms with Crippen LogP contribution >= 0.6 is 0 Å². The number of amides is 1. The fraction of sp³-hybridized carbons (Fsp3) is 0.200. The van der Waals surface area contributed by atoms with Gasteiger partial charge in [0.2, 0.25) is 0 Å². The van der Waals surface area contributed by atoms with Gasteiger partial charge in [-0.2, -0.15) is 14.0 Å². The van der Waals surface area contributed by atoms with Gasteiger partial charge in [0.05, 0.1) is 11.6 Å². The van der Waals surface area contributed by atoms with Crippen molar-refractivity contribution in [2.24, 2.45) is 0 Å². The third-order valence-corrected chi connectivity index (χ3v) is 3.91. The molecule has 5 heteroatoms. The Kier molecular flexibility index (Phi) is 6.41. The molecule has 128 valence electrons. The van der Waals surface area contributed by atoms with Crippen molar-refractivity contribution in [2.75, 3.05) is 0 Å². The smallest absolute Gasteiger partial charge is 0.274 e. The summed E-state index contributed by atoms with van der Waals surface area (Å²) in [6.45, 7) is 1.84. The Morgan fingerprint density at radius 2 is 1.72 bits per heavy atom. The van der Waals surface area contributed by atoms with Crippen molar-refractivity contribution in [3.8, 4) is 6.07 Å². The van der Waals surface area contributed by atoms with Gasteiger partial charge in [-0.1, -0.05) is 37.3 Å². The van der Waals surface area contributed by atoms with Crippen molar-refractivity contribution in [1.29, 1.82) is 5.26 Å². The molecule has 2 rings (SSSR count). The molecule has 0 aliphatic heterocycles. The molecule has 2 aromatic rings. The first-order chi connectivity index (χ1) is 12.0. The highest BCUT2D eigenvalue weighted by molar-refractivity contribution is 5.94. The summed E-state index contributed by atoms with van der Waals surface area (Å²) in [5.74, 6) is -0.286. The summed E-state index contributed by atoms with van der Waals surface area (Å²) < 4.78 is 26.9. The highest BCUT2D eigenvalue weighted by Gasteiger charge is 2.18. The Labute approximate surface area is 145 Å². The molecule has 0 spiro atoms. The number of rotatable bonds is 6. The average molecular weight is 340 g/mol. The third-order valence-electron chi connectivity index (χ3n) is 3.91. The van der Waals surface area contributed by atoms with Crippen LogP contribution in [-0.4, -0.2) is 11.9 Å². The van der Waals surface area contributed by atoms with Crippen LogP contribution < -0.4 is 5.32 Å². The zero-order valence-electron chi connectivity index (χ0n) is 13.8. The Bertz CT molecular complexity index is 789. The largest absolute Gasteiger partial charge is 0.349 e. The fourth-order valence-electron chi connectivity index (χ4n) is 2.45. The molecule has 0 radical (unpaired) electrons. The minimum absolute atomic E-state index is 0.0172. The van der Waals surface area contributed by atoms with E-state index in [1.54, 1.807) is 30.3 Å². The van der Waals surface area contributed by atoms with Crippen LogP contribution in [0.15, 0.2) is 60.7 Å². The molecule has 1 atom stereocenters. The number of carbonyl (C=O) groups excluding carboxylic acids is 1. The summed E-state index contributed by atoms with van der Waals surface area (Å²) in [4.78, 5) is 12.2. The van der Waals surface area contributed by atoms with Crippen LogP contribution in [-0.2, 0) is 0 Å². The Hall–Kier alpha value is -3.00. The molecule has 0 saturated heterocycles. The van der Waals surface area contributed by atoms with Crippen molar-refractivity contribution >= 4 is 11.5 Å². The SMILES string of the molecule is CCC(CC(=C(F)F)c1ccc(C#N)cc1)NC(=O)c1ccccc1. The van der Waals surface area contributed by atoms with E-state index >= 15 is 0 Å². The Balaban J connectivity index is 2.15. The number of hydrogen-bond donors (Lipinski definition) is 1. The topological polar surface area (TPSA) is 52.9 Å². The number of carbonyl (C=O) groups is 1. The first-order valence-corrected chi connectivity index (χ1v) is 7.95. The lowest BCUT2D eigenvalue weighted by Gasteiger charge is -2.19. The number of benzene rings is 2. The maximum atomic E-state index is 13.4. The maximum absolute atomic E-state index is 13.4. The summed E-state index contributed by atoms with van der Waals surface area (Å²) in [5.41, 5.74) is 1.13. The van der Waals surface area contributed by atoms with E-state index in [0.717, 1.165) is 0 Å². The molecule has 0 heterocycles. The molecule has 0 bridgehead atoms. The predicted molar refractivity (Wildman–Crippen MR) is 92.9 cm³/mol. The number of nitriles is 1. The van der Waals surface area contributed by atoms with Crippen molar-refractivity contribution < 1.29 is 13.6 Å². The van der Waals surface area contributed by atoms with Crippen molar-refractivity contribution in [2.45, 2.75) is 25.8 Å². The minimum Gasteiger partial charge on any atom is -0.349 e. The van der Waals surface area contributed by atoms with Gasteiger partial charge >= 0.3 is 0 Å². The quantitative estimate of drug-likeness (QED) is 0.824. The summed E-state index contributed by atoms with van der Waals surface area (Å²) in [6, 6.07) is 16.2. The van der Waals surface area contributed by atoms with Crippen molar-refractivity contribution in [3.05, 3.63) is 77.4 Å². The van der Waals surface area contributed by atoms with Crippen LogP contribution in [0.25, 0.3) is 5.57 Å². The van der Waals surface area contributed by atoms with Gasteiger partial charge in [0.15, 0.2) is 0 Å². The molecule has 0 fully saturated rings. The zero-order valence-corrected chi connectivity index (χ0v) is 13.8. The van der Waals surface area contributed by atoms with Gasteiger partial charge < -0.3 is 5.32 Å². The molecular formula is C20H18F2N2O. The van der Waals surface area contributed by atoms with E-state index in [4.69, 9.17) is 5.26 Å². The van der Waals surface area contributed by atoms with Gasteiger partial charge in [0, 0.05) is 17.2 Å². The van der Waals surface area contributed by atoms with E-state index < -0.39 is 12.1 Å². The van der Waals surface area contributed by atoms with E-state index in [-0.39, 0.29) is 17.9 Å². The lowest BCUT2D eigenvalue weighted by molar-refractivity contribution is 0.0936. The van der Waals surface area contributed by atoms with Crippen LogP contribution in [0.4, 0.5) is 8.78 Å². The summed E-state index contributed by atoms with van der Waals surface area (Å²) >= 11 is 0. The second kappa shape index (κ2) is 8.74. The van der Waals surface area contributed by atoms with E-state index in [1.807, 2.05) is 13.0 Å². The zero-order chi connectivity index (χ0) is 18.2. The fourth-order valence-corrected chi connectivity index (χ4v) is 2.45. The van der Waals surface area contributed by atoms with Gasteiger partial charge in [-0.15, -0.1) is 0 Å². The molecule has 0 aliphatic rings. The molecule has 0 aliphatic carbocycles. The summed E-state index contributed by atoms with van der Waals surface area (Å²) in [7, 11) is 0. The maximum Gasteiger partial charge on any atom is 0.274 e. The highest BCUT2D eigenvalue weighted by Crippen LogP contribution is 2.27. The van der Waals surface area contributed by atoms with Crippen LogP contribution in [0, 0.1) is 11.3 Å². The first kappa shape index (κ1) is 18.3. The van der Waals surface area contributed by atoms with Gasteiger partial charge in [-0.3, -0.25) is 4.79 Å². The van der Waals surface area contributed by atoms with E-state index in [2.05, 4.69) is 5.32 Å². The molecule has 3 nitrogen and oxygen atoms in total. The monoisotopic (exact) mass is 340 g/mol. The number of hydrogen-bond acceptors (Lipinski definition) is 2.